The van der Waals surface area contributed by atoms with E-state index in [1.807, 2.05) is 0 Å². The van der Waals surface area contributed by atoms with Crippen LogP contribution in [0.25, 0.3) is 93.2 Å². The van der Waals surface area contributed by atoms with Crippen molar-refractivity contribution in [2.24, 2.45) is 0 Å². The van der Waals surface area contributed by atoms with Gasteiger partial charge in [-0.3, -0.25) is 0 Å². The zero-order valence-corrected chi connectivity index (χ0v) is 34.8. The van der Waals surface area contributed by atoms with E-state index in [1.165, 1.54) is 115 Å². The van der Waals surface area contributed by atoms with Crippen LogP contribution in [0.1, 0.15) is 22.3 Å². The molecular formula is C62H38N2. The first-order valence-corrected chi connectivity index (χ1v) is 22.2. The molecule has 0 atom stereocenters. The van der Waals surface area contributed by atoms with Gasteiger partial charge in [0.2, 0.25) is 0 Å². The predicted octanol–water partition coefficient (Wildman–Crippen LogP) is 16.7. The number of hydrogen-bond acceptors (Lipinski definition) is 1. The van der Waals surface area contributed by atoms with E-state index in [0.29, 0.717) is 0 Å². The third-order valence-electron chi connectivity index (χ3n) is 13.9. The van der Waals surface area contributed by atoms with Gasteiger partial charge in [-0.05, 0) is 137 Å². The summed E-state index contributed by atoms with van der Waals surface area (Å²) < 4.78 is 2.45. The first kappa shape index (κ1) is 35.2. The van der Waals surface area contributed by atoms with Crippen molar-refractivity contribution in [3.8, 4) is 27.9 Å². The molecule has 2 nitrogen and oxygen atoms in total. The molecule has 0 aliphatic heterocycles. The van der Waals surface area contributed by atoms with Crippen LogP contribution in [-0.4, -0.2) is 4.57 Å². The number of hydrogen-bond donors (Lipinski definition) is 0. The van der Waals surface area contributed by atoms with Crippen LogP contribution in [0.3, 0.4) is 0 Å². The normalized spacial score (nSPS) is 12.6. The molecule has 296 valence electrons. The van der Waals surface area contributed by atoms with Gasteiger partial charge in [-0.1, -0.05) is 176 Å². The summed E-state index contributed by atoms with van der Waals surface area (Å²) in [6.07, 6.45) is 0. The number of benzene rings is 11. The summed E-state index contributed by atoms with van der Waals surface area (Å²) in [6, 6.07) is 85.4. The second-order valence-electron chi connectivity index (χ2n) is 17.2. The molecule has 14 rings (SSSR count). The SMILES string of the molecule is c1ccc2c(c1)C(=C1c3ccccc3-c3ccc(N(c4ccc5c(ccc6ccccc65)c4)c4ccc5c(c4)c4ccccc4n5-c4cccc5ccccc45)cc31)c1ccccc1-2. The van der Waals surface area contributed by atoms with Gasteiger partial charge < -0.3 is 9.47 Å². The van der Waals surface area contributed by atoms with E-state index in [9.17, 15) is 0 Å². The molecule has 0 N–H and O–H groups in total. The van der Waals surface area contributed by atoms with Gasteiger partial charge in [-0.2, -0.15) is 0 Å². The topological polar surface area (TPSA) is 8.17 Å². The molecule has 11 aromatic carbocycles. The van der Waals surface area contributed by atoms with Gasteiger partial charge in [0.15, 0.2) is 0 Å². The van der Waals surface area contributed by atoms with E-state index in [4.69, 9.17) is 0 Å². The maximum absolute atomic E-state index is 2.47. The van der Waals surface area contributed by atoms with E-state index < -0.39 is 0 Å². The maximum Gasteiger partial charge on any atom is 0.0542 e. The molecule has 0 radical (unpaired) electrons. The van der Waals surface area contributed by atoms with E-state index in [0.717, 1.165) is 17.1 Å². The molecule has 0 bridgehead atoms. The minimum atomic E-state index is 1.11. The Morgan fingerprint density at radius 3 is 1.45 bits per heavy atom. The standard InChI is InChI=1S/C62H38N2/c1-3-17-45-40(15-1)28-29-41-36-42(30-33-46(41)45)63(44-32-35-60-56(37-44)52-22-11-12-26-59(52)64(60)58-27-13-16-39-14-2-4-18-47(39)58)43-31-34-51-50-21-7-10-25-55(50)62(57(51)38-43)61-53-23-8-5-19-48(53)49-20-6-9-24-54(49)61/h1-38H. The van der Waals surface area contributed by atoms with Crippen LogP contribution in [-0.2, 0) is 0 Å². The van der Waals surface area contributed by atoms with Crippen molar-refractivity contribution < 1.29 is 0 Å². The van der Waals surface area contributed by atoms with Gasteiger partial charge in [0.25, 0.3) is 0 Å². The highest BCUT2D eigenvalue weighted by Crippen LogP contribution is 2.55. The van der Waals surface area contributed by atoms with Gasteiger partial charge in [0.05, 0.1) is 16.7 Å². The van der Waals surface area contributed by atoms with Gasteiger partial charge >= 0.3 is 0 Å². The highest BCUT2D eigenvalue weighted by molar-refractivity contribution is 6.19. The summed E-state index contributed by atoms with van der Waals surface area (Å²) in [5.41, 5.74) is 19.7. The molecule has 0 fully saturated rings. The van der Waals surface area contributed by atoms with Crippen molar-refractivity contribution in [2.75, 3.05) is 4.90 Å². The first-order chi connectivity index (χ1) is 31.8. The molecule has 64 heavy (non-hydrogen) atoms. The van der Waals surface area contributed by atoms with Crippen LogP contribution in [0, 0.1) is 0 Å². The lowest BCUT2D eigenvalue weighted by Gasteiger charge is -2.27. The highest BCUT2D eigenvalue weighted by atomic mass is 15.1. The number of rotatable bonds is 4. The Bertz CT molecular complexity index is 3920. The third kappa shape index (κ3) is 5.02. The van der Waals surface area contributed by atoms with Gasteiger partial charge in [0.1, 0.15) is 0 Å². The fourth-order valence-corrected chi connectivity index (χ4v) is 11.1. The van der Waals surface area contributed by atoms with E-state index in [1.54, 1.807) is 0 Å². The zero-order valence-electron chi connectivity index (χ0n) is 34.8. The number of anilines is 3. The summed E-state index contributed by atoms with van der Waals surface area (Å²) in [5, 5.41) is 9.90. The molecule has 0 saturated heterocycles. The smallest absolute Gasteiger partial charge is 0.0542 e. The Morgan fingerprint density at radius 2 is 0.719 bits per heavy atom. The van der Waals surface area contributed by atoms with Crippen molar-refractivity contribution in [1.29, 1.82) is 0 Å². The minimum absolute atomic E-state index is 1.11. The van der Waals surface area contributed by atoms with Crippen LogP contribution in [0.15, 0.2) is 231 Å². The van der Waals surface area contributed by atoms with Gasteiger partial charge in [-0.15, -0.1) is 0 Å². The van der Waals surface area contributed by atoms with E-state index in [-0.39, 0.29) is 0 Å². The Balaban J connectivity index is 1.03. The average Bonchev–Trinajstić information content (AvgIpc) is 3.98. The van der Waals surface area contributed by atoms with Crippen molar-refractivity contribution in [3.05, 3.63) is 253 Å². The minimum Gasteiger partial charge on any atom is -0.310 e. The van der Waals surface area contributed by atoms with Crippen LogP contribution in [0.5, 0.6) is 0 Å². The van der Waals surface area contributed by atoms with Crippen molar-refractivity contribution in [3.63, 3.8) is 0 Å². The molecule has 2 aliphatic carbocycles. The van der Waals surface area contributed by atoms with Crippen LogP contribution >= 0.6 is 0 Å². The quantitative estimate of drug-likeness (QED) is 0.161. The largest absolute Gasteiger partial charge is 0.310 e. The molecule has 1 heterocycles. The zero-order chi connectivity index (χ0) is 41.9. The Hall–Kier alpha value is -8.46. The number of fused-ring (bicyclic) bond motifs is 13. The molecule has 2 heteroatoms. The first-order valence-electron chi connectivity index (χ1n) is 22.2. The molecule has 0 amide bonds. The second kappa shape index (κ2) is 13.5. The number of nitrogens with zero attached hydrogens (tertiary/aromatic N) is 2. The number of para-hydroxylation sites is 1. The van der Waals surface area contributed by atoms with Crippen LogP contribution in [0.4, 0.5) is 17.1 Å². The molecule has 0 unspecified atom stereocenters. The molecule has 2 aliphatic rings. The average molecular weight is 811 g/mol. The third-order valence-corrected chi connectivity index (χ3v) is 13.9. The lowest BCUT2D eigenvalue weighted by atomic mass is 9.91. The summed E-state index contributed by atoms with van der Waals surface area (Å²) >= 11 is 0. The fraction of sp³-hybridized carbons (Fsp3) is 0. The van der Waals surface area contributed by atoms with Crippen LogP contribution in [0.2, 0.25) is 0 Å². The monoisotopic (exact) mass is 810 g/mol. The second-order valence-corrected chi connectivity index (χ2v) is 17.2. The summed E-state index contributed by atoms with van der Waals surface area (Å²) in [6.45, 7) is 0. The molecule has 12 aromatic rings. The molecule has 0 saturated carbocycles. The maximum atomic E-state index is 2.47. The Morgan fingerprint density at radius 1 is 0.250 bits per heavy atom. The predicted molar refractivity (Wildman–Crippen MR) is 270 cm³/mol. The van der Waals surface area contributed by atoms with Crippen LogP contribution < -0.4 is 4.90 Å². The van der Waals surface area contributed by atoms with Crippen molar-refractivity contribution in [2.45, 2.75) is 0 Å². The lowest BCUT2D eigenvalue weighted by Crippen LogP contribution is -2.10. The highest BCUT2D eigenvalue weighted by Gasteiger charge is 2.33. The number of aromatic nitrogens is 1. The van der Waals surface area contributed by atoms with Gasteiger partial charge in [0, 0.05) is 33.2 Å². The van der Waals surface area contributed by atoms with E-state index >= 15 is 0 Å². The van der Waals surface area contributed by atoms with Crippen molar-refractivity contribution in [1.82, 2.24) is 4.57 Å². The molecule has 1 aromatic heterocycles. The summed E-state index contributed by atoms with van der Waals surface area (Å²) in [4.78, 5) is 2.47. The summed E-state index contributed by atoms with van der Waals surface area (Å²) in [5.74, 6) is 0. The Labute approximate surface area is 370 Å². The van der Waals surface area contributed by atoms with Crippen molar-refractivity contribution >= 4 is 82.3 Å². The lowest BCUT2D eigenvalue weighted by molar-refractivity contribution is 1.20. The fourth-order valence-electron chi connectivity index (χ4n) is 11.1. The van der Waals surface area contributed by atoms with Gasteiger partial charge in [-0.25, -0.2) is 0 Å². The Kier molecular flexibility index (Phi) is 7.43. The van der Waals surface area contributed by atoms with E-state index in [2.05, 4.69) is 240 Å². The summed E-state index contributed by atoms with van der Waals surface area (Å²) in [7, 11) is 0. The molecule has 0 spiro atoms. The molecular weight excluding hydrogens is 773 g/mol.